The number of carbonyl (C=O) groups excluding carboxylic acids is 1. The Bertz CT molecular complexity index is 558. The summed E-state index contributed by atoms with van der Waals surface area (Å²) < 4.78 is 10.7. The van der Waals surface area contributed by atoms with Gasteiger partial charge in [-0.05, 0) is 44.0 Å². The highest BCUT2D eigenvalue weighted by molar-refractivity contribution is 7.99. The zero-order chi connectivity index (χ0) is 16.5. The zero-order valence-corrected chi connectivity index (χ0v) is 14.0. The lowest BCUT2D eigenvalue weighted by Crippen LogP contribution is -2.36. The highest BCUT2D eigenvalue weighted by atomic mass is 32.2. The van der Waals surface area contributed by atoms with Crippen LogP contribution < -0.4 is 4.74 Å². The SMILES string of the molecule is CC#CCOc1ccc(SCN(O)C(=O)C2CCOCC2)cc1. The topological polar surface area (TPSA) is 59.0 Å². The fraction of sp³-hybridized carbons (Fsp3) is 0.471. The molecule has 1 fully saturated rings. The zero-order valence-electron chi connectivity index (χ0n) is 13.2. The molecule has 0 saturated carbocycles. The molecule has 0 radical (unpaired) electrons. The Morgan fingerprint density at radius 3 is 2.74 bits per heavy atom. The largest absolute Gasteiger partial charge is 0.481 e. The predicted molar refractivity (Wildman–Crippen MR) is 88.3 cm³/mol. The molecule has 0 spiro atoms. The molecule has 1 aliphatic rings. The molecule has 1 heterocycles. The number of hydrogen-bond donors (Lipinski definition) is 1. The molecule has 0 bridgehead atoms. The predicted octanol–water partition coefficient (Wildman–Crippen LogP) is 2.78. The second kappa shape index (κ2) is 9.46. The Kier molecular flexibility index (Phi) is 7.27. The Morgan fingerprint density at radius 2 is 2.09 bits per heavy atom. The van der Waals surface area contributed by atoms with Crippen LogP contribution in [0.15, 0.2) is 29.2 Å². The minimum Gasteiger partial charge on any atom is -0.481 e. The molecule has 5 nitrogen and oxygen atoms in total. The number of amides is 1. The van der Waals surface area contributed by atoms with Crippen molar-refractivity contribution in [1.29, 1.82) is 0 Å². The first kappa shape index (κ1) is 17.7. The monoisotopic (exact) mass is 335 g/mol. The molecule has 6 heteroatoms. The Balaban J connectivity index is 1.77. The van der Waals surface area contributed by atoms with Gasteiger partial charge in [0.15, 0.2) is 0 Å². The summed E-state index contributed by atoms with van der Waals surface area (Å²) in [4.78, 5) is 13.1. The molecule has 0 aromatic heterocycles. The molecule has 1 aromatic rings. The first-order valence-corrected chi connectivity index (χ1v) is 8.52. The molecule has 1 N–H and O–H groups in total. The van der Waals surface area contributed by atoms with E-state index >= 15 is 0 Å². The van der Waals surface area contributed by atoms with Crippen molar-refractivity contribution in [3.8, 4) is 17.6 Å². The average Bonchev–Trinajstić information content (AvgIpc) is 2.61. The molecular formula is C17H21NO4S. The van der Waals surface area contributed by atoms with Crippen LogP contribution in [-0.4, -0.2) is 41.9 Å². The summed E-state index contributed by atoms with van der Waals surface area (Å²) in [5.41, 5.74) is 0. The van der Waals surface area contributed by atoms with Crippen LogP contribution in [-0.2, 0) is 9.53 Å². The maximum atomic E-state index is 12.1. The number of benzene rings is 1. The van der Waals surface area contributed by atoms with E-state index in [2.05, 4.69) is 11.8 Å². The lowest BCUT2D eigenvalue weighted by atomic mass is 10.00. The molecule has 1 saturated heterocycles. The van der Waals surface area contributed by atoms with Crippen molar-refractivity contribution in [3.63, 3.8) is 0 Å². The second-order valence-electron chi connectivity index (χ2n) is 5.08. The van der Waals surface area contributed by atoms with Crippen LogP contribution >= 0.6 is 11.8 Å². The molecule has 124 valence electrons. The van der Waals surface area contributed by atoms with E-state index in [-0.39, 0.29) is 17.7 Å². The van der Waals surface area contributed by atoms with Gasteiger partial charge < -0.3 is 9.47 Å². The van der Waals surface area contributed by atoms with Crippen LogP contribution in [0.25, 0.3) is 0 Å². The van der Waals surface area contributed by atoms with Crippen LogP contribution in [0.1, 0.15) is 19.8 Å². The second-order valence-corrected chi connectivity index (χ2v) is 6.10. The summed E-state index contributed by atoms with van der Waals surface area (Å²) in [5.74, 6) is 6.19. The van der Waals surface area contributed by atoms with E-state index in [1.165, 1.54) is 11.8 Å². The molecule has 1 amide bonds. The minimum absolute atomic E-state index is 0.134. The standard InChI is InChI=1S/C17H21NO4S/c1-2-3-10-22-15-4-6-16(7-5-15)23-13-18(20)17(19)14-8-11-21-12-9-14/h4-7,14,20H,8-13H2,1H3. The summed E-state index contributed by atoms with van der Waals surface area (Å²) in [6.45, 7) is 3.31. The van der Waals surface area contributed by atoms with Gasteiger partial charge in [-0.2, -0.15) is 0 Å². The maximum Gasteiger partial charge on any atom is 0.250 e. The Hall–Kier alpha value is -1.68. The molecular weight excluding hydrogens is 314 g/mol. The quantitative estimate of drug-likeness (QED) is 0.285. The van der Waals surface area contributed by atoms with Crippen LogP contribution in [0.3, 0.4) is 0 Å². The van der Waals surface area contributed by atoms with Gasteiger partial charge in [0, 0.05) is 24.0 Å². The first-order chi connectivity index (χ1) is 11.2. The Morgan fingerprint density at radius 1 is 1.39 bits per heavy atom. The third-order valence-electron chi connectivity index (χ3n) is 3.49. The van der Waals surface area contributed by atoms with Crippen molar-refractivity contribution >= 4 is 17.7 Å². The average molecular weight is 335 g/mol. The van der Waals surface area contributed by atoms with E-state index in [4.69, 9.17) is 9.47 Å². The van der Waals surface area contributed by atoms with Crippen molar-refractivity contribution < 1.29 is 19.5 Å². The van der Waals surface area contributed by atoms with E-state index < -0.39 is 0 Å². The van der Waals surface area contributed by atoms with E-state index in [9.17, 15) is 10.0 Å². The summed E-state index contributed by atoms with van der Waals surface area (Å²) in [6, 6.07) is 7.49. The minimum atomic E-state index is -0.223. The molecule has 2 rings (SSSR count). The van der Waals surface area contributed by atoms with Crippen molar-refractivity contribution in [1.82, 2.24) is 5.06 Å². The van der Waals surface area contributed by atoms with Crippen LogP contribution in [0.5, 0.6) is 5.75 Å². The fourth-order valence-electron chi connectivity index (χ4n) is 2.18. The van der Waals surface area contributed by atoms with Gasteiger partial charge in [-0.1, -0.05) is 5.92 Å². The van der Waals surface area contributed by atoms with Gasteiger partial charge in [-0.15, -0.1) is 17.7 Å². The summed E-state index contributed by atoms with van der Waals surface area (Å²) in [6.07, 6.45) is 1.35. The van der Waals surface area contributed by atoms with Gasteiger partial charge >= 0.3 is 0 Å². The lowest BCUT2D eigenvalue weighted by molar-refractivity contribution is -0.168. The maximum absolute atomic E-state index is 12.1. The first-order valence-electron chi connectivity index (χ1n) is 7.54. The summed E-state index contributed by atoms with van der Waals surface area (Å²) >= 11 is 1.40. The number of carbonyl (C=O) groups is 1. The van der Waals surface area contributed by atoms with Gasteiger partial charge in [0.05, 0.1) is 5.88 Å². The summed E-state index contributed by atoms with van der Waals surface area (Å²) in [7, 11) is 0. The fourth-order valence-corrected chi connectivity index (χ4v) is 2.91. The van der Waals surface area contributed by atoms with Crippen LogP contribution in [0.2, 0.25) is 0 Å². The number of hydrogen-bond acceptors (Lipinski definition) is 5. The highest BCUT2D eigenvalue weighted by Crippen LogP contribution is 2.23. The van der Waals surface area contributed by atoms with Crippen LogP contribution in [0.4, 0.5) is 0 Å². The van der Waals surface area contributed by atoms with Crippen LogP contribution in [0, 0.1) is 17.8 Å². The number of nitrogens with zero attached hydrogens (tertiary/aromatic N) is 1. The summed E-state index contributed by atoms with van der Waals surface area (Å²) in [5, 5.41) is 10.7. The number of ether oxygens (including phenoxy) is 2. The van der Waals surface area contributed by atoms with E-state index in [0.29, 0.717) is 32.7 Å². The molecule has 0 unspecified atom stereocenters. The van der Waals surface area contributed by atoms with Gasteiger partial charge in [-0.3, -0.25) is 10.0 Å². The van der Waals surface area contributed by atoms with E-state index in [1.807, 2.05) is 24.3 Å². The van der Waals surface area contributed by atoms with E-state index in [0.717, 1.165) is 15.7 Å². The molecule has 0 atom stereocenters. The van der Waals surface area contributed by atoms with Gasteiger partial charge in [0.25, 0.3) is 0 Å². The molecule has 1 aromatic carbocycles. The van der Waals surface area contributed by atoms with Gasteiger partial charge in [0.2, 0.25) is 5.91 Å². The third kappa shape index (κ3) is 5.79. The molecule has 1 aliphatic heterocycles. The van der Waals surface area contributed by atoms with Crippen molar-refractivity contribution in [3.05, 3.63) is 24.3 Å². The highest BCUT2D eigenvalue weighted by Gasteiger charge is 2.25. The lowest BCUT2D eigenvalue weighted by Gasteiger charge is -2.24. The smallest absolute Gasteiger partial charge is 0.250 e. The van der Waals surface area contributed by atoms with Gasteiger partial charge in [-0.25, -0.2) is 5.06 Å². The number of rotatable bonds is 6. The third-order valence-corrected chi connectivity index (χ3v) is 4.47. The van der Waals surface area contributed by atoms with Crippen molar-refractivity contribution in [2.45, 2.75) is 24.7 Å². The van der Waals surface area contributed by atoms with Crippen molar-refractivity contribution in [2.24, 2.45) is 5.92 Å². The molecule has 23 heavy (non-hydrogen) atoms. The normalized spacial score (nSPS) is 14.7. The number of thioether (sulfide) groups is 1. The number of hydroxylamine groups is 2. The van der Waals surface area contributed by atoms with Gasteiger partial charge in [0.1, 0.15) is 12.4 Å². The Labute approximate surface area is 140 Å². The molecule has 0 aliphatic carbocycles. The van der Waals surface area contributed by atoms with E-state index in [1.54, 1.807) is 6.92 Å². The van der Waals surface area contributed by atoms with Crippen molar-refractivity contribution in [2.75, 3.05) is 25.7 Å².